The molecule has 2 N–H and O–H groups in total. The zero-order chi connectivity index (χ0) is 18.2. The van der Waals surface area contributed by atoms with E-state index in [0.29, 0.717) is 30.5 Å². The quantitative estimate of drug-likeness (QED) is 0.677. The van der Waals surface area contributed by atoms with Crippen molar-refractivity contribution in [1.82, 2.24) is 10.6 Å². The van der Waals surface area contributed by atoms with Crippen molar-refractivity contribution in [3.05, 3.63) is 60.2 Å². The average Bonchev–Trinajstić information content (AvgIpc) is 3.48. The molecule has 2 aromatic carbocycles. The van der Waals surface area contributed by atoms with Crippen LogP contribution in [0.25, 0.3) is 0 Å². The van der Waals surface area contributed by atoms with Gasteiger partial charge in [0.2, 0.25) is 0 Å². The predicted octanol–water partition coefficient (Wildman–Crippen LogP) is 2.15. The molecule has 0 spiro atoms. The Balaban J connectivity index is 1.36. The number of hydrogen-bond donors (Lipinski definition) is 2. The van der Waals surface area contributed by atoms with E-state index in [-0.39, 0.29) is 18.4 Å². The molecule has 2 aromatic rings. The first-order chi connectivity index (χ1) is 12.7. The summed E-state index contributed by atoms with van der Waals surface area (Å²) in [5, 5.41) is 5.65. The van der Waals surface area contributed by atoms with Gasteiger partial charge in [0.25, 0.3) is 11.8 Å². The molecule has 0 atom stereocenters. The lowest BCUT2D eigenvalue weighted by atomic mass is 10.2. The molecule has 2 amide bonds. The van der Waals surface area contributed by atoms with Crippen molar-refractivity contribution in [2.45, 2.75) is 18.9 Å². The molecule has 1 aliphatic carbocycles. The van der Waals surface area contributed by atoms with Crippen LogP contribution in [0, 0.1) is 0 Å². The molecule has 0 saturated heterocycles. The van der Waals surface area contributed by atoms with Crippen molar-refractivity contribution >= 4 is 11.8 Å². The number of nitrogens with one attached hydrogen (secondary N) is 2. The molecular formula is C20H22N2O4. The van der Waals surface area contributed by atoms with Crippen LogP contribution >= 0.6 is 0 Å². The number of amides is 2. The molecule has 0 aliphatic heterocycles. The summed E-state index contributed by atoms with van der Waals surface area (Å²) in [6, 6.07) is 16.5. The maximum Gasteiger partial charge on any atom is 0.258 e. The second kappa shape index (κ2) is 8.89. The van der Waals surface area contributed by atoms with Gasteiger partial charge in [-0.3, -0.25) is 9.59 Å². The zero-order valence-corrected chi connectivity index (χ0v) is 14.4. The maximum atomic E-state index is 12.0. The van der Waals surface area contributed by atoms with Gasteiger partial charge in [0.15, 0.2) is 6.61 Å². The fraction of sp³-hybridized carbons (Fsp3) is 0.300. The Morgan fingerprint density at radius 1 is 0.962 bits per heavy atom. The molecule has 0 radical (unpaired) electrons. The normalized spacial score (nSPS) is 12.9. The predicted molar refractivity (Wildman–Crippen MR) is 97.4 cm³/mol. The molecule has 0 aromatic heterocycles. The van der Waals surface area contributed by atoms with Crippen molar-refractivity contribution in [3.63, 3.8) is 0 Å². The van der Waals surface area contributed by atoms with Gasteiger partial charge in [-0.1, -0.05) is 24.3 Å². The number of benzene rings is 2. The molecule has 0 heterocycles. The summed E-state index contributed by atoms with van der Waals surface area (Å²) in [5.74, 6) is 0.901. The van der Waals surface area contributed by atoms with E-state index in [1.807, 2.05) is 30.3 Å². The number of carbonyl (C=O) groups is 2. The van der Waals surface area contributed by atoms with E-state index >= 15 is 0 Å². The lowest BCUT2D eigenvalue weighted by Crippen LogP contribution is -2.32. The minimum absolute atomic E-state index is 0.111. The molecular weight excluding hydrogens is 332 g/mol. The second-order valence-electron chi connectivity index (χ2n) is 6.08. The molecule has 136 valence electrons. The van der Waals surface area contributed by atoms with E-state index in [1.54, 1.807) is 24.3 Å². The van der Waals surface area contributed by atoms with Crippen LogP contribution < -0.4 is 20.1 Å². The molecule has 0 unspecified atom stereocenters. The first-order valence-corrected chi connectivity index (χ1v) is 8.69. The van der Waals surface area contributed by atoms with E-state index < -0.39 is 0 Å². The largest absolute Gasteiger partial charge is 0.492 e. The molecule has 6 heteroatoms. The van der Waals surface area contributed by atoms with Crippen molar-refractivity contribution in [3.8, 4) is 11.5 Å². The fourth-order valence-electron chi connectivity index (χ4n) is 2.30. The molecule has 1 aliphatic rings. The van der Waals surface area contributed by atoms with Crippen LogP contribution in [0.3, 0.4) is 0 Å². The minimum Gasteiger partial charge on any atom is -0.492 e. The third-order valence-electron chi connectivity index (χ3n) is 3.81. The van der Waals surface area contributed by atoms with Crippen LogP contribution in [-0.4, -0.2) is 37.6 Å². The molecule has 3 rings (SSSR count). The summed E-state index contributed by atoms with van der Waals surface area (Å²) < 4.78 is 11.0. The van der Waals surface area contributed by atoms with E-state index in [1.165, 1.54) is 0 Å². The number of hydrogen-bond acceptors (Lipinski definition) is 4. The van der Waals surface area contributed by atoms with Gasteiger partial charge in [-0.25, -0.2) is 0 Å². The number of carbonyl (C=O) groups excluding carboxylic acids is 2. The Kier molecular flexibility index (Phi) is 6.09. The summed E-state index contributed by atoms with van der Waals surface area (Å²) in [5.41, 5.74) is 0.533. The van der Waals surface area contributed by atoms with Gasteiger partial charge in [-0.05, 0) is 43.2 Å². The molecule has 26 heavy (non-hydrogen) atoms. The Hall–Kier alpha value is -3.02. The topological polar surface area (TPSA) is 76.7 Å². The summed E-state index contributed by atoms with van der Waals surface area (Å²) in [6.07, 6.45) is 2.08. The third kappa shape index (κ3) is 5.81. The van der Waals surface area contributed by atoms with Crippen LogP contribution in [0.4, 0.5) is 0 Å². The van der Waals surface area contributed by atoms with Gasteiger partial charge in [-0.15, -0.1) is 0 Å². The van der Waals surface area contributed by atoms with E-state index in [2.05, 4.69) is 10.6 Å². The summed E-state index contributed by atoms with van der Waals surface area (Å²) >= 11 is 0. The van der Waals surface area contributed by atoms with E-state index in [9.17, 15) is 9.59 Å². The second-order valence-corrected chi connectivity index (χ2v) is 6.08. The van der Waals surface area contributed by atoms with E-state index in [0.717, 1.165) is 18.6 Å². The Bertz CT molecular complexity index is 744. The van der Waals surface area contributed by atoms with Crippen LogP contribution in [0.15, 0.2) is 54.6 Å². The Morgan fingerprint density at radius 2 is 1.73 bits per heavy atom. The lowest BCUT2D eigenvalue weighted by molar-refractivity contribution is -0.123. The highest BCUT2D eigenvalue weighted by atomic mass is 16.5. The molecule has 1 saturated carbocycles. The van der Waals surface area contributed by atoms with Crippen molar-refractivity contribution in [2.24, 2.45) is 0 Å². The van der Waals surface area contributed by atoms with Crippen LogP contribution in [0.5, 0.6) is 11.5 Å². The SMILES string of the molecule is O=C(COc1cccc(C(=O)NC2CC2)c1)NCCOc1ccccc1. The molecule has 6 nitrogen and oxygen atoms in total. The highest BCUT2D eigenvalue weighted by Gasteiger charge is 2.23. The van der Waals surface area contributed by atoms with Crippen molar-refractivity contribution in [2.75, 3.05) is 19.8 Å². The lowest BCUT2D eigenvalue weighted by Gasteiger charge is -2.10. The van der Waals surface area contributed by atoms with Crippen LogP contribution in [-0.2, 0) is 4.79 Å². The van der Waals surface area contributed by atoms with Crippen molar-refractivity contribution < 1.29 is 19.1 Å². The highest BCUT2D eigenvalue weighted by molar-refractivity contribution is 5.95. The Labute approximate surface area is 152 Å². The van der Waals surface area contributed by atoms with Gasteiger partial charge < -0.3 is 20.1 Å². The third-order valence-corrected chi connectivity index (χ3v) is 3.81. The minimum atomic E-state index is -0.241. The maximum absolute atomic E-state index is 12.0. The average molecular weight is 354 g/mol. The molecule has 0 bridgehead atoms. The first-order valence-electron chi connectivity index (χ1n) is 8.69. The summed E-state index contributed by atoms with van der Waals surface area (Å²) in [4.78, 5) is 23.8. The van der Waals surface area contributed by atoms with Crippen molar-refractivity contribution in [1.29, 1.82) is 0 Å². The number of rotatable bonds is 9. The summed E-state index contributed by atoms with van der Waals surface area (Å²) in [7, 11) is 0. The van der Waals surface area contributed by atoms with E-state index in [4.69, 9.17) is 9.47 Å². The smallest absolute Gasteiger partial charge is 0.258 e. The fourth-order valence-corrected chi connectivity index (χ4v) is 2.30. The molecule has 1 fully saturated rings. The number of ether oxygens (including phenoxy) is 2. The van der Waals surface area contributed by atoms with Gasteiger partial charge >= 0.3 is 0 Å². The van der Waals surface area contributed by atoms with Gasteiger partial charge in [0, 0.05) is 11.6 Å². The van der Waals surface area contributed by atoms with Gasteiger partial charge in [0.05, 0.1) is 6.54 Å². The number of para-hydroxylation sites is 1. The van der Waals surface area contributed by atoms with Crippen LogP contribution in [0.1, 0.15) is 23.2 Å². The zero-order valence-electron chi connectivity index (χ0n) is 14.4. The monoisotopic (exact) mass is 354 g/mol. The highest BCUT2D eigenvalue weighted by Crippen LogP contribution is 2.20. The van der Waals surface area contributed by atoms with Crippen LogP contribution in [0.2, 0.25) is 0 Å². The Morgan fingerprint density at radius 3 is 2.50 bits per heavy atom. The van der Waals surface area contributed by atoms with Gasteiger partial charge in [0.1, 0.15) is 18.1 Å². The standard InChI is InChI=1S/C20H22N2O4/c23-19(21-11-12-25-17-6-2-1-3-7-17)14-26-18-8-4-5-15(13-18)20(24)22-16-9-10-16/h1-8,13,16H,9-12,14H2,(H,21,23)(H,22,24). The van der Waals surface area contributed by atoms with Gasteiger partial charge in [-0.2, -0.15) is 0 Å². The summed E-state index contributed by atoms with van der Waals surface area (Å²) in [6.45, 7) is 0.659. The first kappa shape index (κ1) is 17.8.